The highest BCUT2D eigenvalue weighted by Gasteiger charge is 2.14. The predicted molar refractivity (Wildman–Crippen MR) is 80.5 cm³/mol. The topological polar surface area (TPSA) is 78.2 Å². The molecule has 0 radical (unpaired) electrons. The first-order chi connectivity index (χ1) is 9.74. The Morgan fingerprint density at radius 1 is 1.30 bits per heavy atom. The van der Waals surface area contributed by atoms with Crippen molar-refractivity contribution in [3.05, 3.63) is 34.6 Å². The number of hydrogen-bond acceptors (Lipinski definition) is 5. The second-order valence-corrected chi connectivity index (χ2v) is 5.57. The second-order valence-electron chi connectivity index (χ2n) is 4.51. The minimum absolute atomic E-state index is 0.259. The quantitative estimate of drug-likeness (QED) is 0.449. The Hall–Kier alpha value is -2.02. The Balaban J connectivity index is 2.27. The van der Waals surface area contributed by atoms with E-state index >= 15 is 0 Å². The van der Waals surface area contributed by atoms with Gasteiger partial charge in [0.05, 0.1) is 10.9 Å². The Morgan fingerprint density at radius 3 is 2.90 bits per heavy atom. The van der Waals surface area contributed by atoms with Gasteiger partial charge < -0.3 is 5.84 Å². The SMILES string of the molecule is CCCCSc1nnc2n(N)c(=O)c3ccccc3n12. The summed E-state index contributed by atoms with van der Waals surface area (Å²) in [7, 11) is 0. The molecular formula is C13H15N5OS. The molecule has 20 heavy (non-hydrogen) atoms. The lowest BCUT2D eigenvalue weighted by Crippen LogP contribution is -2.29. The molecule has 0 aliphatic carbocycles. The molecule has 0 aliphatic heterocycles. The van der Waals surface area contributed by atoms with Crippen molar-refractivity contribution in [1.82, 2.24) is 19.3 Å². The smallest absolute Gasteiger partial charge is 0.281 e. The van der Waals surface area contributed by atoms with Crippen molar-refractivity contribution in [2.24, 2.45) is 0 Å². The average molecular weight is 289 g/mol. The summed E-state index contributed by atoms with van der Waals surface area (Å²) >= 11 is 1.63. The minimum Gasteiger partial charge on any atom is -0.333 e. The molecule has 0 fully saturated rings. The van der Waals surface area contributed by atoms with E-state index in [1.54, 1.807) is 17.8 Å². The van der Waals surface area contributed by atoms with Crippen LogP contribution in [0.4, 0.5) is 0 Å². The summed E-state index contributed by atoms with van der Waals surface area (Å²) in [6.45, 7) is 2.15. The maximum absolute atomic E-state index is 12.2. The first-order valence-corrected chi connectivity index (χ1v) is 7.49. The number of rotatable bonds is 4. The summed E-state index contributed by atoms with van der Waals surface area (Å²) in [6.07, 6.45) is 2.24. The van der Waals surface area contributed by atoms with Gasteiger partial charge in [-0.1, -0.05) is 37.2 Å². The van der Waals surface area contributed by atoms with Crippen molar-refractivity contribution in [3.8, 4) is 0 Å². The highest BCUT2D eigenvalue weighted by molar-refractivity contribution is 7.99. The predicted octanol–water partition coefficient (Wildman–Crippen LogP) is 1.65. The number of aromatic nitrogens is 4. The Morgan fingerprint density at radius 2 is 2.10 bits per heavy atom. The fourth-order valence-corrected chi connectivity index (χ4v) is 3.12. The number of para-hydroxylation sites is 1. The third-order valence-corrected chi connectivity index (χ3v) is 4.17. The van der Waals surface area contributed by atoms with Crippen LogP contribution in [0.25, 0.3) is 16.7 Å². The number of nitrogen functional groups attached to an aromatic ring is 1. The highest BCUT2D eigenvalue weighted by atomic mass is 32.2. The number of nitrogens with zero attached hydrogens (tertiary/aromatic N) is 4. The van der Waals surface area contributed by atoms with Crippen LogP contribution in [-0.4, -0.2) is 25.0 Å². The Labute approximate surface area is 119 Å². The molecule has 0 unspecified atom stereocenters. The standard InChI is InChI=1S/C13H15N5OS/c1-2-3-8-20-13-16-15-12-17(13)10-7-5-4-6-9(10)11(19)18(12)14/h4-7H,2-3,8,14H2,1H3. The van der Waals surface area contributed by atoms with Gasteiger partial charge in [-0.2, -0.15) is 4.68 Å². The van der Waals surface area contributed by atoms with Gasteiger partial charge in [0.2, 0.25) is 0 Å². The number of hydrogen-bond donors (Lipinski definition) is 1. The van der Waals surface area contributed by atoms with E-state index in [-0.39, 0.29) is 5.56 Å². The number of nitrogens with two attached hydrogens (primary N) is 1. The van der Waals surface area contributed by atoms with E-state index in [9.17, 15) is 4.79 Å². The largest absolute Gasteiger partial charge is 0.333 e. The van der Waals surface area contributed by atoms with Crippen LogP contribution in [0.5, 0.6) is 0 Å². The normalized spacial score (nSPS) is 11.4. The Kier molecular flexibility index (Phi) is 3.35. The maximum Gasteiger partial charge on any atom is 0.281 e. The lowest BCUT2D eigenvalue weighted by atomic mass is 10.2. The van der Waals surface area contributed by atoms with Crippen LogP contribution in [0, 0.1) is 0 Å². The Bertz CT molecular complexity index is 823. The lowest BCUT2D eigenvalue weighted by molar-refractivity contribution is 0.881. The van der Waals surface area contributed by atoms with Crippen LogP contribution in [-0.2, 0) is 0 Å². The first kappa shape index (κ1) is 13.0. The molecular weight excluding hydrogens is 274 g/mol. The van der Waals surface area contributed by atoms with Crippen molar-refractivity contribution in [3.63, 3.8) is 0 Å². The molecule has 1 aromatic carbocycles. The zero-order valence-corrected chi connectivity index (χ0v) is 11.9. The van der Waals surface area contributed by atoms with E-state index in [2.05, 4.69) is 17.1 Å². The molecule has 0 amide bonds. The van der Waals surface area contributed by atoms with E-state index in [4.69, 9.17) is 5.84 Å². The first-order valence-electron chi connectivity index (χ1n) is 6.50. The molecule has 0 atom stereocenters. The van der Waals surface area contributed by atoms with Crippen LogP contribution in [0.3, 0.4) is 0 Å². The van der Waals surface area contributed by atoms with Gasteiger partial charge in [0.25, 0.3) is 11.3 Å². The third kappa shape index (κ3) is 1.94. The van der Waals surface area contributed by atoms with Crippen LogP contribution in [0.15, 0.2) is 34.2 Å². The van der Waals surface area contributed by atoms with Gasteiger partial charge in [-0.3, -0.25) is 9.20 Å². The lowest BCUT2D eigenvalue weighted by Gasteiger charge is -2.06. The van der Waals surface area contributed by atoms with Crippen molar-refractivity contribution in [2.75, 3.05) is 11.6 Å². The highest BCUT2D eigenvalue weighted by Crippen LogP contribution is 2.21. The summed E-state index contributed by atoms with van der Waals surface area (Å²) < 4.78 is 2.90. The van der Waals surface area contributed by atoms with E-state index in [1.165, 1.54) is 0 Å². The summed E-state index contributed by atoms with van der Waals surface area (Å²) in [6, 6.07) is 7.37. The van der Waals surface area contributed by atoms with Crippen molar-refractivity contribution < 1.29 is 0 Å². The van der Waals surface area contributed by atoms with Gasteiger partial charge in [-0.15, -0.1) is 10.2 Å². The molecule has 0 saturated heterocycles. The molecule has 7 heteroatoms. The molecule has 0 aliphatic rings. The molecule has 0 saturated carbocycles. The molecule has 2 N–H and O–H groups in total. The van der Waals surface area contributed by atoms with Crippen LogP contribution >= 0.6 is 11.8 Å². The fraction of sp³-hybridized carbons (Fsp3) is 0.308. The molecule has 0 bridgehead atoms. The number of fused-ring (bicyclic) bond motifs is 3. The summed E-state index contributed by atoms with van der Waals surface area (Å²) in [5, 5.41) is 9.53. The minimum atomic E-state index is -0.259. The number of benzene rings is 1. The molecule has 2 aromatic heterocycles. The van der Waals surface area contributed by atoms with Gasteiger partial charge in [0.15, 0.2) is 5.16 Å². The number of thioether (sulfide) groups is 1. The van der Waals surface area contributed by atoms with Crippen LogP contribution in [0.1, 0.15) is 19.8 Å². The van der Waals surface area contributed by atoms with E-state index in [1.807, 2.05) is 22.6 Å². The molecule has 6 nitrogen and oxygen atoms in total. The summed E-state index contributed by atoms with van der Waals surface area (Å²) in [5.41, 5.74) is 0.531. The van der Waals surface area contributed by atoms with Gasteiger partial charge in [0.1, 0.15) is 0 Å². The van der Waals surface area contributed by atoms with Gasteiger partial charge >= 0.3 is 0 Å². The van der Waals surface area contributed by atoms with Gasteiger partial charge in [-0.25, -0.2) is 0 Å². The zero-order valence-electron chi connectivity index (χ0n) is 11.1. The van der Waals surface area contributed by atoms with E-state index in [0.717, 1.165) is 33.9 Å². The van der Waals surface area contributed by atoms with Crippen LogP contribution < -0.4 is 11.4 Å². The average Bonchev–Trinajstić information content (AvgIpc) is 2.89. The second kappa shape index (κ2) is 5.16. The van der Waals surface area contributed by atoms with Gasteiger partial charge in [0, 0.05) is 5.75 Å². The molecule has 3 rings (SSSR count). The summed E-state index contributed by atoms with van der Waals surface area (Å²) in [4.78, 5) is 12.2. The van der Waals surface area contributed by atoms with Crippen LogP contribution in [0.2, 0.25) is 0 Å². The summed E-state index contributed by atoms with van der Waals surface area (Å²) in [5.74, 6) is 7.16. The molecule has 2 heterocycles. The van der Waals surface area contributed by atoms with Crippen molar-refractivity contribution >= 4 is 28.4 Å². The number of unbranched alkanes of at least 4 members (excludes halogenated alkanes) is 1. The maximum atomic E-state index is 12.2. The third-order valence-electron chi connectivity index (χ3n) is 3.15. The monoisotopic (exact) mass is 289 g/mol. The zero-order chi connectivity index (χ0) is 14.1. The molecule has 0 spiro atoms. The van der Waals surface area contributed by atoms with Crippen molar-refractivity contribution in [1.29, 1.82) is 0 Å². The fourth-order valence-electron chi connectivity index (χ4n) is 2.10. The van der Waals surface area contributed by atoms with Crippen molar-refractivity contribution in [2.45, 2.75) is 24.9 Å². The van der Waals surface area contributed by atoms with Gasteiger partial charge in [-0.05, 0) is 18.6 Å². The van der Waals surface area contributed by atoms with E-state index < -0.39 is 0 Å². The molecule has 3 aromatic rings. The van der Waals surface area contributed by atoms with E-state index in [0.29, 0.717) is 11.2 Å². The molecule has 104 valence electrons.